The predicted octanol–water partition coefficient (Wildman–Crippen LogP) is 2.40. The number of nitrogens with zero attached hydrogens (tertiary/aromatic N) is 2. The van der Waals surface area contributed by atoms with Crippen LogP contribution >= 0.6 is 0 Å². The highest BCUT2D eigenvalue weighted by atomic mass is 15.2. The minimum Gasteiger partial charge on any atom is -0.370 e. The molecule has 0 aromatic carbocycles. The lowest BCUT2D eigenvalue weighted by Gasteiger charge is -2.42. The molecule has 4 heterocycles. The first-order chi connectivity index (χ1) is 6.75. The quantitative estimate of drug-likeness (QED) is 0.621. The molecule has 0 aliphatic carbocycles. The standard InChI is InChI=1S/C12H16N2/c1-8-7-9(2)13-11-10-3-5-14(6-4-10)12(8)11/h7,10H,3-6H2,1-2H3. The maximum absolute atomic E-state index is 4.72. The van der Waals surface area contributed by atoms with Crippen LogP contribution in [0.2, 0.25) is 0 Å². The smallest absolute Gasteiger partial charge is 0.0674 e. The second-order valence-electron chi connectivity index (χ2n) is 4.58. The van der Waals surface area contributed by atoms with E-state index in [1.54, 1.807) is 0 Å². The molecule has 0 amide bonds. The van der Waals surface area contributed by atoms with Crippen LogP contribution in [0.4, 0.5) is 5.69 Å². The number of piperidine rings is 1. The van der Waals surface area contributed by atoms with E-state index in [-0.39, 0.29) is 0 Å². The fraction of sp³-hybridized carbons (Fsp3) is 0.583. The van der Waals surface area contributed by atoms with Crippen molar-refractivity contribution < 1.29 is 0 Å². The van der Waals surface area contributed by atoms with Crippen LogP contribution in [0.3, 0.4) is 0 Å². The molecule has 3 aliphatic heterocycles. The summed E-state index contributed by atoms with van der Waals surface area (Å²) in [5.41, 5.74) is 5.41. The summed E-state index contributed by atoms with van der Waals surface area (Å²) in [6.45, 7) is 6.80. The molecule has 3 aliphatic rings. The molecule has 1 aromatic heterocycles. The van der Waals surface area contributed by atoms with Crippen molar-refractivity contribution in [2.24, 2.45) is 0 Å². The molecule has 2 nitrogen and oxygen atoms in total. The van der Waals surface area contributed by atoms with E-state index in [1.165, 1.54) is 48.6 Å². The summed E-state index contributed by atoms with van der Waals surface area (Å²) in [5, 5.41) is 0. The van der Waals surface area contributed by atoms with Crippen LogP contribution in [0.25, 0.3) is 0 Å². The molecular weight excluding hydrogens is 172 g/mol. The molecule has 1 fully saturated rings. The first-order valence-electron chi connectivity index (χ1n) is 5.49. The average Bonchev–Trinajstić information content (AvgIpc) is 2.18. The van der Waals surface area contributed by atoms with Gasteiger partial charge in [-0.15, -0.1) is 0 Å². The number of hydrogen-bond acceptors (Lipinski definition) is 2. The van der Waals surface area contributed by atoms with E-state index >= 15 is 0 Å². The highest BCUT2D eigenvalue weighted by Gasteiger charge is 2.32. The van der Waals surface area contributed by atoms with Gasteiger partial charge in [-0.3, -0.25) is 4.98 Å². The zero-order chi connectivity index (χ0) is 9.71. The van der Waals surface area contributed by atoms with Crippen LogP contribution in [0.15, 0.2) is 6.07 Å². The highest BCUT2D eigenvalue weighted by molar-refractivity contribution is 5.61. The molecule has 14 heavy (non-hydrogen) atoms. The number of hydrogen-bond donors (Lipinski definition) is 0. The zero-order valence-electron chi connectivity index (χ0n) is 8.88. The van der Waals surface area contributed by atoms with Gasteiger partial charge in [-0.2, -0.15) is 0 Å². The molecule has 1 saturated heterocycles. The molecular formula is C12H16N2. The van der Waals surface area contributed by atoms with Crippen molar-refractivity contribution in [1.82, 2.24) is 4.98 Å². The van der Waals surface area contributed by atoms with Crippen molar-refractivity contribution in [3.05, 3.63) is 23.0 Å². The molecule has 0 unspecified atom stereocenters. The number of aromatic nitrogens is 1. The lowest BCUT2D eigenvalue weighted by atomic mass is 9.85. The van der Waals surface area contributed by atoms with Crippen LogP contribution in [-0.4, -0.2) is 18.1 Å². The minimum absolute atomic E-state index is 0.744. The number of rotatable bonds is 0. The van der Waals surface area contributed by atoms with Crippen molar-refractivity contribution in [2.75, 3.05) is 18.0 Å². The fourth-order valence-electron chi connectivity index (χ4n) is 2.93. The molecule has 4 rings (SSSR count). The van der Waals surface area contributed by atoms with Gasteiger partial charge < -0.3 is 4.90 Å². The van der Waals surface area contributed by atoms with Crippen molar-refractivity contribution in [3.63, 3.8) is 0 Å². The summed E-state index contributed by atoms with van der Waals surface area (Å²) in [6, 6.07) is 2.21. The first kappa shape index (κ1) is 8.27. The Kier molecular flexibility index (Phi) is 1.61. The number of pyridine rings is 1. The van der Waals surface area contributed by atoms with E-state index in [1.807, 2.05) is 0 Å². The highest BCUT2D eigenvalue weighted by Crippen LogP contribution is 2.42. The molecule has 0 radical (unpaired) electrons. The van der Waals surface area contributed by atoms with E-state index in [2.05, 4.69) is 24.8 Å². The summed E-state index contributed by atoms with van der Waals surface area (Å²) < 4.78 is 0. The number of anilines is 1. The molecule has 0 atom stereocenters. The van der Waals surface area contributed by atoms with Crippen LogP contribution < -0.4 is 4.90 Å². The summed E-state index contributed by atoms with van der Waals surface area (Å²) >= 11 is 0. The molecule has 1 aromatic rings. The lowest BCUT2D eigenvalue weighted by molar-refractivity contribution is 0.462. The topological polar surface area (TPSA) is 16.1 Å². The number of fused-ring (bicyclic) bond motifs is 2. The Morgan fingerprint density at radius 2 is 2.00 bits per heavy atom. The van der Waals surface area contributed by atoms with Gasteiger partial charge in [0.05, 0.1) is 11.4 Å². The van der Waals surface area contributed by atoms with Crippen LogP contribution in [0.5, 0.6) is 0 Å². The maximum Gasteiger partial charge on any atom is 0.0674 e. The monoisotopic (exact) mass is 188 g/mol. The molecule has 2 bridgehead atoms. The fourth-order valence-corrected chi connectivity index (χ4v) is 2.93. The molecule has 74 valence electrons. The summed E-state index contributed by atoms with van der Waals surface area (Å²) in [7, 11) is 0. The van der Waals surface area contributed by atoms with E-state index in [0.29, 0.717) is 0 Å². The zero-order valence-corrected chi connectivity index (χ0v) is 8.88. The molecule has 0 N–H and O–H groups in total. The maximum atomic E-state index is 4.72. The lowest BCUT2D eigenvalue weighted by Crippen LogP contribution is -2.39. The van der Waals surface area contributed by atoms with Crippen LogP contribution in [0.1, 0.15) is 35.7 Å². The van der Waals surface area contributed by atoms with Gasteiger partial charge >= 0.3 is 0 Å². The molecule has 0 spiro atoms. The third-order valence-corrected chi connectivity index (χ3v) is 3.54. The average molecular weight is 188 g/mol. The largest absolute Gasteiger partial charge is 0.370 e. The normalized spacial score (nSPS) is 20.0. The summed E-state index contributed by atoms with van der Waals surface area (Å²) in [4.78, 5) is 7.23. The Morgan fingerprint density at radius 1 is 1.29 bits per heavy atom. The van der Waals surface area contributed by atoms with Gasteiger partial charge in [0.15, 0.2) is 0 Å². The third-order valence-electron chi connectivity index (χ3n) is 3.54. The van der Waals surface area contributed by atoms with E-state index < -0.39 is 0 Å². The van der Waals surface area contributed by atoms with Gasteiger partial charge in [-0.05, 0) is 38.3 Å². The Hall–Kier alpha value is -1.05. The first-order valence-corrected chi connectivity index (χ1v) is 5.49. The van der Waals surface area contributed by atoms with Crippen molar-refractivity contribution in [2.45, 2.75) is 32.6 Å². The van der Waals surface area contributed by atoms with E-state index in [4.69, 9.17) is 4.98 Å². The Bertz CT molecular complexity index is 376. The minimum atomic E-state index is 0.744. The Balaban J connectivity index is 2.24. The van der Waals surface area contributed by atoms with Crippen molar-refractivity contribution in [3.8, 4) is 0 Å². The van der Waals surface area contributed by atoms with Gasteiger partial charge in [-0.25, -0.2) is 0 Å². The molecule has 0 saturated carbocycles. The van der Waals surface area contributed by atoms with Crippen LogP contribution in [-0.2, 0) is 0 Å². The van der Waals surface area contributed by atoms with Gasteiger partial charge in [-0.1, -0.05) is 0 Å². The van der Waals surface area contributed by atoms with Gasteiger partial charge in [0.1, 0.15) is 0 Å². The van der Waals surface area contributed by atoms with Gasteiger partial charge in [0, 0.05) is 24.7 Å². The number of aryl methyl sites for hydroxylation is 2. The Morgan fingerprint density at radius 3 is 2.71 bits per heavy atom. The third kappa shape index (κ3) is 0.999. The second kappa shape index (κ2) is 2.72. The van der Waals surface area contributed by atoms with Crippen molar-refractivity contribution >= 4 is 5.69 Å². The van der Waals surface area contributed by atoms with Gasteiger partial charge in [0.25, 0.3) is 0 Å². The SMILES string of the molecule is Cc1cc(C)c2c(n1)C1CCN2CC1. The van der Waals surface area contributed by atoms with E-state index in [9.17, 15) is 0 Å². The second-order valence-corrected chi connectivity index (χ2v) is 4.58. The predicted molar refractivity (Wildman–Crippen MR) is 57.9 cm³/mol. The summed E-state index contributed by atoms with van der Waals surface area (Å²) in [6.07, 6.45) is 2.62. The molecule has 2 heteroatoms. The van der Waals surface area contributed by atoms with Gasteiger partial charge in [0.2, 0.25) is 0 Å². The van der Waals surface area contributed by atoms with Crippen LogP contribution in [0, 0.1) is 13.8 Å². The van der Waals surface area contributed by atoms with Crippen molar-refractivity contribution in [1.29, 1.82) is 0 Å². The summed E-state index contributed by atoms with van der Waals surface area (Å²) in [5.74, 6) is 0.744. The van der Waals surface area contributed by atoms with E-state index in [0.717, 1.165) is 5.92 Å². The Labute approximate surface area is 85.0 Å².